The molecule has 3 rings (SSSR count). The van der Waals surface area contributed by atoms with E-state index in [2.05, 4.69) is 10.3 Å². The van der Waals surface area contributed by atoms with E-state index in [0.29, 0.717) is 43.2 Å². The van der Waals surface area contributed by atoms with Crippen molar-refractivity contribution in [3.63, 3.8) is 0 Å². The Kier molecular flexibility index (Phi) is 5.13. The summed E-state index contributed by atoms with van der Waals surface area (Å²) in [6.45, 7) is 3.18. The Bertz CT molecular complexity index is 928. The van der Waals surface area contributed by atoms with Gasteiger partial charge in [0.25, 0.3) is 5.91 Å². The average molecular weight is 375 g/mol. The Balaban J connectivity index is 1.69. The number of pyridine rings is 1. The number of sulfonamides is 1. The highest BCUT2D eigenvalue weighted by atomic mass is 32.2. The fourth-order valence-electron chi connectivity index (χ4n) is 2.93. The summed E-state index contributed by atoms with van der Waals surface area (Å²) in [7, 11) is -3.29. The lowest BCUT2D eigenvalue weighted by Crippen LogP contribution is -2.27. The van der Waals surface area contributed by atoms with Crippen LogP contribution in [0.1, 0.15) is 28.4 Å². The number of hydrogen-bond donors (Lipinski definition) is 1. The van der Waals surface area contributed by atoms with Crippen molar-refractivity contribution in [2.45, 2.75) is 19.9 Å². The van der Waals surface area contributed by atoms with E-state index in [1.54, 1.807) is 30.5 Å². The molecule has 1 aliphatic heterocycles. The van der Waals surface area contributed by atoms with Crippen molar-refractivity contribution in [2.24, 2.45) is 0 Å². The smallest absolute Gasteiger partial charge is 0.251 e. The number of benzene rings is 1. The number of amides is 1. The van der Waals surface area contributed by atoms with Crippen LogP contribution in [0.5, 0.6) is 5.88 Å². The number of anilines is 1. The van der Waals surface area contributed by atoms with Crippen LogP contribution in [-0.2, 0) is 23.0 Å². The quantitative estimate of drug-likeness (QED) is 0.831. The maximum absolute atomic E-state index is 12.4. The van der Waals surface area contributed by atoms with Gasteiger partial charge in [-0.25, -0.2) is 13.4 Å². The van der Waals surface area contributed by atoms with Crippen LogP contribution in [0.2, 0.25) is 0 Å². The number of fused-ring (bicyclic) bond motifs is 1. The van der Waals surface area contributed by atoms with Gasteiger partial charge in [0, 0.05) is 30.9 Å². The molecule has 0 aliphatic carbocycles. The first-order chi connectivity index (χ1) is 12.4. The molecular formula is C18H21N3O4S. The van der Waals surface area contributed by atoms with Gasteiger partial charge in [-0.2, -0.15) is 0 Å². The molecule has 138 valence electrons. The van der Waals surface area contributed by atoms with Crippen LogP contribution in [0, 0.1) is 0 Å². The van der Waals surface area contributed by atoms with Gasteiger partial charge in [0.15, 0.2) is 0 Å². The summed E-state index contributed by atoms with van der Waals surface area (Å²) in [5, 5.41) is 2.86. The molecule has 0 atom stereocenters. The summed E-state index contributed by atoms with van der Waals surface area (Å²) in [5.74, 6) is 0.318. The van der Waals surface area contributed by atoms with Gasteiger partial charge in [-0.3, -0.25) is 9.10 Å². The number of nitrogens with zero attached hydrogens (tertiary/aromatic N) is 2. The Morgan fingerprint density at radius 1 is 1.31 bits per heavy atom. The topological polar surface area (TPSA) is 88.6 Å². The minimum Gasteiger partial charge on any atom is -0.478 e. The van der Waals surface area contributed by atoms with Crippen LogP contribution in [-0.4, -0.2) is 38.7 Å². The molecule has 0 saturated heterocycles. The molecule has 7 nitrogen and oxygen atoms in total. The normalized spacial score (nSPS) is 13.4. The second-order valence-corrected chi connectivity index (χ2v) is 7.95. The molecule has 1 aliphatic rings. The molecule has 0 saturated carbocycles. The molecule has 1 aromatic heterocycles. The van der Waals surface area contributed by atoms with Gasteiger partial charge in [-0.05, 0) is 48.7 Å². The lowest BCUT2D eigenvalue weighted by atomic mass is 10.1. The van der Waals surface area contributed by atoms with E-state index in [0.717, 1.165) is 11.1 Å². The Morgan fingerprint density at radius 2 is 2.12 bits per heavy atom. The standard InChI is InChI=1S/C18H21N3O4S/c1-3-25-17-10-13(6-8-19-17)12-20-18(22)15-4-5-16-14(11-15)7-9-21(16)26(2,23)24/h4-6,8,10-11H,3,7,9,12H2,1-2H3,(H,20,22). The molecule has 0 radical (unpaired) electrons. The van der Waals surface area contributed by atoms with E-state index < -0.39 is 10.0 Å². The first-order valence-electron chi connectivity index (χ1n) is 8.35. The molecular weight excluding hydrogens is 354 g/mol. The van der Waals surface area contributed by atoms with Crippen molar-refractivity contribution in [1.82, 2.24) is 10.3 Å². The second kappa shape index (κ2) is 7.33. The molecule has 26 heavy (non-hydrogen) atoms. The monoisotopic (exact) mass is 375 g/mol. The van der Waals surface area contributed by atoms with E-state index >= 15 is 0 Å². The Labute approximate surface area is 153 Å². The lowest BCUT2D eigenvalue weighted by molar-refractivity contribution is 0.0950. The third-order valence-corrected chi connectivity index (χ3v) is 5.32. The fraction of sp³-hybridized carbons (Fsp3) is 0.333. The van der Waals surface area contributed by atoms with Gasteiger partial charge in [0.1, 0.15) is 0 Å². The summed E-state index contributed by atoms with van der Waals surface area (Å²) >= 11 is 0. The van der Waals surface area contributed by atoms with E-state index in [4.69, 9.17) is 4.74 Å². The van der Waals surface area contributed by atoms with Gasteiger partial charge in [-0.1, -0.05) is 0 Å². The number of nitrogens with one attached hydrogen (secondary N) is 1. The van der Waals surface area contributed by atoms with Crippen LogP contribution in [0.15, 0.2) is 36.5 Å². The van der Waals surface area contributed by atoms with Crippen LogP contribution in [0.3, 0.4) is 0 Å². The van der Waals surface area contributed by atoms with E-state index in [1.165, 1.54) is 10.6 Å². The molecule has 0 fully saturated rings. The van der Waals surface area contributed by atoms with Crippen molar-refractivity contribution >= 4 is 21.6 Å². The molecule has 2 aromatic rings. The zero-order chi connectivity index (χ0) is 18.7. The molecule has 0 bridgehead atoms. The van der Waals surface area contributed by atoms with Gasteiger partial charge >= 0.3 is 0 Å². The third-order valence-electron chi connectivity index (χ3n) is 4.14. The Morgan fingerprint density at radius 3 is 2.85 bits per heavy atom. The zero-order valence-corrected chi connectivity index (χ0v) is 15.5. The summed E-state index contributed by atoms with van der Waals surface area (Å²) in [6, 6.07) is 8.70. The van der Waals surface area contributed by atoms with Crippen molar-refractivity contribution in [1.29, 1.82) is 0 Å². The van der Waals surface area contributed by atoms with Gasteiger partial charge in [0.05, 0.1) is 18.6 Å². The number of aromatic nitrogens is 1. The Hall–Kier alpha value is -2.61. The predicted molar refractivity (Wildman–Crippen MR) is 98.9 cm³/mol. The van der Waals surface area contributed by atoms with Gasteiger partial charge in [-0.15, -0.1) is 0 Å². The SMILES string of the molecule is CCOc1cc(CNC(=O)c2ccc3c(c2)CCN3S(C)(=O)=O)ccn1. The maximum atomic E-state index is 12.4. The summed E-state index contributed by atoms with van der Waals surface area (Å²) in [6.07, 6.45) is 3.43. The van der Waals surface area contributed by atoms with Crippen molar-refractivity contribution in [2.75, 3.05) is 23.7 Å². The average Bonchev–Trinajstić information content (AvgIpc) is 3.04. The largest absolute Gasteiger partial charge is 0.478 e. The molecule has 0 unspecified atom stereocenters. The number of carbonyl (C=O) groups is 1. The first-order valence-corrected chi connectivity index (χ1v) is 10.2. The van der Waals surface area contributed by atoms with Crippen LogP contribution >= 0.6 is 0 Å². The number of rotatable bonds is 6. The second-order valence-electron chi connectivity index (χ2n) is 6.05. The molecule has 1 N–H and O–H groups in total. The lowest BCUT2D eigenvalue weighted by Gasteiger charge is -2.16. The van der Waals surface area contributed by atoms with Gasteiger partial charge < -0.3 is 10.1 Å². The van der Waals surface area contributed by atoms with E-state index in [1.807, 2.05) is 13.0 Å². The molecule has 8 heteroatoms. The van der Waals surface area contributed by atoms with Crippen LogP contribution < -0.4 is 14.4 Å². The van der Waals surface area contributed by atoms with Crippen molar-refractivity contribution in [3.8, 4) is 5.88 Å². The summed E-state index contributed by atoms with van der Waals surface area (Å²) in [5.41, 5.74) is 2.92. The van der Waals surface area contributed by atoms with E-state index in [-0.39, 0.29) is 5.91 Å². The number of hydrogen-bond acceptors (Lipinski definition) is 5. The third kappa shape index (κ3) is 3.96. The predicted octanol–water partition coefficient (Wildman–Crippen LogP) is 1.73. The highest BCUT2D eigenvalue weighted by Gasteiger charge is 2.26. The maximum Gasteiger partial charge on any atom is 0.251 e. The summed E-state index contributed by atoms with van der Waals surface area (Å²) < 4.78 is 30.3. The minimum atomic E-state index is -3.29. The highest BCUT2D eigenvalue weighted by Crippen LogP contribution is 2.30. The zero-order valence-electron chi connectivity index (χ0n) is 14.7. The van der Waals surface area contributed by atoms with E-state index in [9.17, 15) is 13.2 Å². The van der Waals surface area contributed by atoms with Crippen molar-refractivity contribution in [3.05, 3.63) is 53.2 Å². The molecule has 1 aromatic carbocycles. The number of ether oxygens (including phenoxy) is 1. The number of carbonyl (C=O) groups excluding carboxylic acids is 1. The first kappa shape index (κ1) is 18.2. The minimum absolute atomic E-state index is 0.208. The molecule has 0 spiro atoms. The van der Waals surface area contributed by atoms with Gasteiger partial charge in [0.2, 0.25) is 15.9 Å². The van der Waals surface area contributed by atoms with Crippen molar-refractivity contribution < 1.29 is 17.9 Å². The van der Waals surface area contributed by atoms with Crippen LogP contribution in [0.25, 0.3) is 0 Å². The fourth-order valence-corrected chi connectivity index (χ4v) is 3.89. The molecule has 1 amide bonds. The molecule has 2 heterocycles. The highest BCUT2D eigenvalue weighted by molar-refractivity contribution is 7.92. The summed E-state index contributed by atoms with van der Waals surface area (Å²) in [4.78, 5) is 16.5. The van der Waals surface area contributed by atoms with Crippen LogP contribution in [0.4, 0.5) is 5.69 Å².